The highest BCUT2D eigenvalue weighted by atomic mass is 15.4. The Kier molecular flexibility index (Phi) is 2.74. The van der Waals surface area contributed by atoms with Crippen LogP contribution in [0.2, 0.25) is 0 Å². The predicted octanol–water partition coefficient (Wildman–Crippen LogP) is 2.59. The normalized spacial score (nSPS) is 11.3. The van der Waals surface area contributed by atoms with Gasteiger partial charge in [0.05, 0.1) is 16.8 Å². The maximum absolute atomic E-state index is 5.95. The average molecular weight is 255 g/mol. The molecule has 0 amide bonds. The van der Waals surface area contributed by atoms with Gasteiger partial charge in [0.15, 0.2) is 5.65 Å². The van der Waals surface area contributed by atoms with Crippen molar-refractivity contribution in [2.75, 3.05) is 5.73 Å². The maximum atomic E-state index is 5.95. The van der Waals surface area contributed by atoms with E-state index in [4.69, 9.17) is 5.73 Å². The van der Waals surface area contributed by atoms with Crippen molar-refractivity contribution in [2.45, 2.75) is 26.7 Å². The first kappa shape index (κ1) is 11.8. The van der Waals surface area contributed by atoms with Crippen molar-refractivity contribution in [1.82, 2.24) is 20.0 Å². The third-order valence-electron chi connectivity index (χ3n) is 3.25. The molecule has 19 heavy (non-hydrogen) atoms. The van der Waals surface area contributed by atoms with E-state index in [1.54, 1.807) is 0 Å². The van der Waals surface area contributed by atoms with E-state index in [2.05, 4.69) is 41.3 Å². The van der Waals surface area contributed by atoms with E-state index >= 15 is 0 Å². The summed E-state index contributed by atoms with van der Waals surface area (Å²) in [6.07, 6.45) is 1.93. The standard InChI is InChI=1S/C14H17N5/c1-3-4-11-12-13(15)16-17-14(12)19(18-11)10-7-5-9(2)6-8-10/h5-8H,3-4H2,1-2H3,(H3,15,16,17). The number of aromatic amines is 1. The molecule has 0 aliphatic rings. The number of H-pyrrole nitrogens is 1. The molecule has 0 spiro atoms. The van der Waals surface area contributed by atoms with E-state index in [-0.39, 0.29) is 0 Å². The molecule has 0 radical (unpaired) electrons. The van der Waals surface area contributed by atoms with Crippen LogP contribution < -0.4 is 5.73 Å². The Morgan fingerprint density at radius 1 is 1.26 bits per heavy atom. The molecule has 0 fully saturated rings. The van der Waals surface area contributed by atoms with Crippen molar-refractivity contribution in [3.63, 3.8) is 0 Å². The molecule has 2 aromatic heterocycles. The summed E-state index contributed by atoms with van der Waals surface area (Å²) in [5.41, 5.74) is 9.98. The monoisotopic (exact) mass is 255 g/mol. The van der Waals surface area contributed by atoms with Crippen molar-refractivity contribution in [3.8, 4) is 5.69 Å². The first-order valence-corrected chi connectivity index (χ1v) is 6.49. The number of benzene rings is 1. The Morgan fingerprint density at radius 3 is 2.68 bits per heavy atom. The minimum atomic E-state index is 0.594. The molecule has 98 valence electrons. The number of anilines is 1. The summed E-state index contributed by atoms with van der Waals surface area (Å²) in [6, 6.07) is 8.22. The van der Waals surface area contributed by atoms with Gasteiger partial charge in [-0.2, -0.15) is 10.2 Å². The molecule has 0 aliphatic heterocycles. The van der Waals surface area contributed by atoms with Crippen LogP contribution >= 0.6 is 0 Å². The molecule has 1 aromatic carbocycles. The van der Waals surface area contributed by atoms with Gasteiger partial charge in [-0.1, -0.05) is 31.0 Å². The fraction of sp³-hybridized carbons (Fsp3) is 0.286. The zero-order chi connectivity index (χ0) is 13.4. The highest BCUT2D eigenvalue weighted by Gasteiger charge is 2.16. The van der Waals surface area contributed by atoms with E-state index in [1.807, 2.05) is 16.8 Å². The van der Waals surface area contributed by atoms with Gasteiger partial charge in [-0.15, -0.1) is 0 Å². The second-order valence-corrected chi connectivity index (χ2v) is 4.78. The van der Waals surface area contributed by atoms with Gasteiger partial charge in [-0.3, -0.25) is 5.10 Å². The number of hydrogen-bond donors (Lipinski definition) is 2. The third-order valence-corrected chi connectivity index (χ3v) is 3.25. The number of aromatic nitrogens is 4. The highest BCUT2D eigenvalue weighted by Crippen LogP contribution is 2.25. The molecule has 3 aromatic rings. The molecule has 0 aliphatic carbocycles. The molecule has 0 saturated heterocycles. The number of rotatable bonds is 3. The topological polar surface area (TPSA) is 72.5 Å². The lowest BCUT2D eigenvalue weighted by Crippen LogP contribution is -1.98. The fourth-order valence-electron chi connectivity index (χ4n) is 2.28. The Balaban J connectivity index is 2.21. The zero-order valence-electron chi connectivity index (χ0n) is 11.1. The Morgan fingerprint density at radius 2 is 2.00 bits per heavy atom. The van der Waals surface area contributed by atoms with Gasteiger partial charge in [0, 0.05) is 0 Å². The lowest BCUT2D eigenvalue weighted by Gasteiger charge is -2.01. The minimum Gasteiger partial charge on any atom is -0.383 e. The number of aryl methyl sites for hydroxylation is 2. The molecule has 5 nitrogen and oxygen atoms in total. The average Bonchev–Trinajstić information content (AvgIpc) is 2.94. The van der Waals surface area contributed by atoms with E-state index in [9.17, 15) is 0 Å². The first-order chi connectivity index (χ1) is 9.20. The molecule has 0 saturated carbocycles. The summed E-state index contributed by atoms with van der Waals surface area (Å²) in [4.78, 5) is 0. The van der Waals surface area contributed by atoms with E-state index < -0.39 is 0 Å². The molecule has 0 atom stereocenters. The van der Waals surface area contributed by atoms with Crippen molar-refractivity contribution in [2.24, 2.45) is 0 Å². The van der Waals surface area contributed by atoms with Crippen molar-refractivity contribution < 1.29 is 0 Å². The molecule has 0 bridgehead atoms. The van der Waals surface area contributed by atoms with Crippen LogP contribution in [0, 0.1) is 6.92 Å². The largest absolute Gasteiger partial charge is 0.383 e. The van der Waals surface area contributed by atoms with Crippen molar-refractivity contribution in [1.29, 1.82) is 0 Å². The van der Waals surface area contributed by atoms with Gasteiger partial charge in [0.2, 0.25) is 0 Å². The van der Waals surface area contributed by atoms with Gasteiger partial charge in [-0.05, 0) is 25.5 Å². The lowest BCUT2D eigenvalue weighted by molar-refractivity contribution is 0.809. The van der Waals surface area contributed by atoms with Gasteiger partial charge in [0.1, 0.15) is 5.82 Å². The van der Waals surface area contributed by atoms with Crippen LogP contribution in [-0.2, 0) is 6.42 Å². The lowest BCUT2D eigenvalue weighted by atomic mass is 10.2. The van der Waals surface area contributed by atoms with Crippen LogP contribution in [0.25, 0.3) is 16.7 Å². The maximum Gasteiger partial charge on any atom is 0.186 e. The minimum absolute atomic E-state index is 0.594. The van der Waals surface area contributed by atoms with Crippen LogP contribution in [0.1, 0.15) is 24.6 Å². The number of fused-ring (bicyclic) bond motifs is 1. The summed E-state index contributed by atoms with van der Waals surface area (Å²) in [7, 11) is 0. The fourth-order valence-corrected chi connectivity index (χ4v) is 2.28. The molecule has 0 unspecified atom stereocenters. The third kappa shape index (κ3) is 1.87. The number of hydrogen-bond acceptors (Lipinski definition) is 3. The van der Waals surface area contributed by atoms with Crippen LogP contribution in [0.15, 0.2) is 24.3 Å². The Labute approximate surface area is 111 Å². The van der Waals surface area contributed by atoms with Crippen LogP contribution in [0.3, 0.4) is 0 Å². The Hall–Kier alpha value is -2.30. The van der Waals surface area contributed by atoms with Crippen molar-refractivity contribution >= 4 is 16.9 Å². The Bertz CT molecular complexity index is 705. The molecular formula is C14H17N5. The molecule has 2 heterocycles. The predicted molar refractivity (Wildman–Crippen MR) is 76.4 cm³/mol. The van der Waals surface area contributed by atoms with E-state index in [0.717, 1.165) is 35.3 Å². The summed E-state index contributed by atoms with van der Waals surface area (Å²) < 4.78 is 1.85. The molecule has 3 N–H and O–H groups in total. The summed E-state index contributed by atoms with van der Waals surface area (Å²) >= 11 is 0. The van der Waals surface area contributed by atoms with Gasteiger partial charge >= 0.3 is 0 Å². The SMILES string of the molecule is CCCc1nn(-c2ccc(C)cc2)c2n[nH]c(N)c12. The van der Waals surface area contributed by atoms with Gasteiger partial charge < -0.3 is 5.73 Å². The number of nitrogen functional groups attached to an aromatic ring is 1. The molecule has 3 rings (SSSR count). The highest BCUT2D eigenvalue weighted by molar-refractivity contribution is 5.89. The van der Waals surface area contributed by atoms with Crippen LogP contribution in [0.4, 0.5) is 5.82 Å². The summed E-state index contributed by atoms with van der Waals surface area (Å²) in [5, 5.41) is 12.7. The van der Waals surface area contributed by atoms with Crippen LogP contribution in [-0.4, -0.2) is 20.0 Å². The van der Waals surface area contributed by atoms with E-state index in [1.165, 1.54) is 5.56 Å². The van der Waals surface area contributed by atoms with Gasteiger partial charge in [-0.25, -0.2) is 4.68 Å². The van der Waals surface area contributed by atoms with Crippen molar-refractivity contribution in [3.05, 3.63) is 35.5 Å². The number of nitrogens with two attached hydrogens (primary N) is 1. The zero-order valence-corrected chi connectivity index (χ0v) is 11.1. The summed E-state index contributed by atoms with van der Waals surface area (Å²) in [5.74, 6) is 0.594. The summed E-state index contributed by atoms with van der Waals surface area (Å²) in [6.45, 7) is 4.20. The first-order valence-electron chi connectivity index (χ1n) is 6.49. The molecular weight excluding hydrogens is 238 g/mol. The molecule has 5 heteroatoms. The quantitative estimate of drug-likeness (QED) is 0.755. The second kappa shape index (κ2) is 4.42. The number of nitrogens with one attached hydrogen (secondary N) is 1. The second-order valence-electron chi connectivity index (χ2n) is 4.78. The number of nitrogens with zero attached hydrogens (tertiary/aromatic N) is 3. The van der Waals surface area contributed by atoms with Gasteiger partial charge in [0.25, 0.3) is 0 Å². The van der Waals surface area contributed by atoms with Crippen LogP contribution in [0.5, 0.6) is 0 Å². The van der Waals surface area contributed by atoms with E-state index in [0.29, 0.717) is 5.82 Å². The smallest absolute Gasteiger partial charge is 0.186 e.